The van der Waals surface area contributed by atoms with E-state index in [2.05, 4.69) is 13.0 Å². The van der Waals surface area contributed by atoms with Crippen molar-refractivity contribution in [3.63, 3.8) is 0 Å². The lowest BCUT2D eigenvalue weighted by Gasteiger charge is -2.26. The summed E-state index contributed by atoms with van der Waals surface area (Å²) < 4.78 is 5.08. The first-order chi connectivity index (χ1) is 12.0. The number of carbonyl (C=O) groups is 2. The molecule has 2 aliphatic rings. The molecule has 2 amide bonds. The van der Waals surface area contributed by atoms with Gasteiger partial charge in [0.05, 0.1) is 23.7 Å². The summed E-state index contributed by atoms with van der Waals surface area (Å²) in [7, 11) is 1.63. The number of methoxy groups -OCH3 is 1. The number of amides is 2. The highest BCUT2D eigenvalue weighted by Crippen LogP contribution is 2.44. The molecule has 0 aliphatic carbocycles. The molecule has 2 atom stereocenters. The molecule has 0 aromatic heterocycles. The minimum atomic E-state index is -0.462. The van der Waals surface area contributed by atoms with E-state index in [1.54, 1.807) is 36.3 Å². The lowest BCUT2D eigenvalue weighted by molar-refractivity contribution is -0.137. The molecule has 3 rings (SSSR count). The van der Waals surface area contributed by atoms with Crippen molar-refractivity contribution in [1.29, 1.82) is 5.26 Å². The van der Waals surface area contributed by atoms with Gasteiger partial charge in [0.1, 0.15) is 0 Å². The smallest absolute Gasteiger partial charge is 0.253 e. The Morgan fingerprint density at radius 3 is 2.76 bits per heavy atom. The van der Waals surface area contributed by atoms with Crippen LogP contribution in [0.2, 0.25) is 0 Å². The first-order valence-electron chi connectivity index (χ1n) is 8.59. The molecule has 0 unspecified atom stereocenters. The number of hydrogen-bond donors (Lipinski definition) is 0. The third kappa shape index (κ3) is 3.00. The van der Waals surface area contributed by atoms with Crippen molar-refractivity contribution < 1.29 is 14.3 Å². The first-order valence-corrected chi connectivity index (χ1v) is 8.59. The number of carbonyl (C=O) groups excluding carboxylic acids is 2. The van der Waals surface area contributed by atoms with Crippen molar-refractivity contribution in [3.05, 3.63) is 35.4 Å². The summed E-state index contributed by atoms with van der Waals surface area (Å²) in [4.78, 5) is 29.4. The molecule has 0 bridgehead atoms. The zero-order chi connectivity index (χ0) is 18.0. The second-order valence-electron chi connectivity index (χ2n) is 6.97. The number of nitriles is 1. The Balaban J connectivity index is 1.73. The highest BCUT2D eigenvalue weighted by atomic mass is 16.5. The predicted molar refractivity (Wildman–Crippen MR) is 91.7 cm³/mol. The van der Waals surface area contributed by atoms with Crippen LogP contribution in [0.5, 0.6) is 0 Å². The average Bonchev–Trinajstić information content (AvgIpc) is 3.14. The Hall–Kier alpha value is -2.39. The van der Waals surface area contributed by atoms with Gasteiger partial charge >= 0.3 is 0 Å². The van der Waals surface area contributed by atoms with E-state index in [0.717, 1.165) is 13.0 Å². The Bertz CT molecular complexity index is 710. The summed E-state index contributed by atoms with van der Waals surface area (Å²) in [5, 5.41) is 8.87. The monoisotopic (exact) mass is 341 g/mol. The lowest BCUT2D eigenvalue weighted by atomic mass is 9.78. The van der Waals surface area contributed by atoms with Crippen molar-refractivity contribution in [2.75, 3.05) is 39.9 Å². The Kier molecular flexibility index (Phi) is 4.78. The molecule has 0 N–H and O–H groups in total. The lowest BCUT2D eigenvalue weighted by Crippen LogP contribution is -2.41. The Morgan fingerprint density at radius 2 is 2.12 bits per heavy atom. The van der Waals surface area contributed by atoms with Gasteiger partial charge in [-0.2, -0.15) is 5.26 Å². The SMILES string of the molecule is COCCN1CC[C@@]2(CN(C(=O)c3ccc(C#N)cc3)C[C@@H]2C)C1=O. The number of benzene rings is 1. The number of ether oxygens (including phenoxy) is 1. The summed E-state index contributed by atoms with van der Waals surface area (Å²) in [5.74, 6) is 0.207. The zero-order valence-corrected chi connectivity index (χ0v) is 14.7. The summed E-state index contributed by atoms with van der Waals surface area (Å²) in [5.41, 5.74) is 0.628. The molecule has 2 fully saturated rings. The summed E-state index contributed by atoms with van der Waals surface area (Å²) in [6.07, 6.45) is 0.786. The van der Waals surface area contributed by atoms with E-state index in [4.69, 9.17) is 10.00 Å². The molecule has 2 saturated heterocycles. The van der Waals surface area contributed by atoms with Crippen molar-refractivity contribution in [3.8, 4) is 6.07 Å². The van der Waals surface area contributed by atoms with Crippen molar-refractivity contribution in [2.24, 2.45) is 11.3 Å². The van der Waals surface area contributed by atoms with Gasteiger partial charge in [-0.05, 0) is 36.6 Å². The maximum Gasteiger partial charge on any atom is 0.253 e. The van der Waals surface area contributed by atoms with E-state index >= 15 is 0 Å². The Labute approximate surface area is 148 Å². The molecule has 1 aromatic carbocycles. The third-order valence-corrected chi connectivity index (χ3v) is 5.57. The van der Waals surface area contributed by atoms with Crippen molar-refractivity contribution in [1.82, 2.24) is 9.80 Å². The molecule has 1 spiro atoms. The fourth-order valence-corrected chi connectivity index (χ4v) is 3.97. The van der Waals surface area contributed by atoms with Crippen LogP contribution in [0.1, 0.15) is 29.3 Å². The van der Waals surface area contributed by atoms with E-state index < -0.39 is 5.41 Å². The second kappa shape index (κ2) is 6.85. The van der Waals surface area contributed by atoms with Crippen LogP contribution in [-0.2, 0) is 9.53 Å². The molecule has 1 aromatic rings. The predicted octanol–water partition coefficient (Wildman–Crippen LogP) is 1.52. The number of nitrogens with zero attached hydrogens (tertiary/aromatic N) is 3. The molecule has 6 nitrogen and oxygen atoms in total. The third-order valence-electron chi connectivity index (χ3n) is 5.57. The van der Waals surface area contributed by atoms with Gasteiger partial charge in [-0.15, -0.1) is 0 Å². The standard InChI is InChI=1S/C19H23N3O3/c1-14-12-22(17(23)16-5-3-15(11-20)4-6-16)13-19(14)7-8-21(18(19)24)9-10-25-2/h3-6,14H,7-10,12-13H2,1-2H3/t14-,19-/m0/s1. The molecule has 2 heterocycles. The van der Waals surface area contributed by atoms with Crippen LogP contribution >= 0.6 is 0 Å². The fourth-order valence-electron chi connectivity index (χ4n) is 3.97. The molecule has 25 heavy (non-hydrogen) atoms. The van der Waals surface area contributed by atoms with E-state index in [1.165, 1.54) is 0 Å². The maximum absolute atomic E-state index is 12.9. The van der Waals surface area contributed by atoms with Crippen LogP contribution < -0.4 is 0 Å². The molecular formula is C19H23N3O3. The fraction of sp³-hybridized carbons (Fsp3) is 0.526. The van der Waals surface area contributed by atoms with Crippen LogP contribution in [0.3, 0.4) is 0 Å². The second-order valence-corrected chi connectivity index (χ2v) is 6.97. The molecular weight excluding hydrogens is 318 g/mol. The summed E-state index contributed by atoms with van der Waals surface area (Å²) in [6, 6.07) is 8.71. The maximum atomic E-state index is 12.9. The topological polar surface area (TPSA) is 73.6 Å². The average molecular weight is 341 g/mol. The largest absolute Gasteiger partial charge is 0.383 e. The normalized spacial score (nSPS) is 25.6. The van der Waals surface area contributed by atoms with Gasteiger partial charge in [0, 0.05) is 38.9 Å². The van der Waals surface area contributed by atoms with Gasteiger partial charge < -0.3 is 14.5 Å². The molecule has 6 heteroatoms. The van der Waals surface area contributed by atoms with Gasteiger partial charge in [-0.3, -0.25) is 9.59 Å². The van der Waals surface area contributed by atoms with Crippen molar-refractivity contribution >= 4 is 11.8 Å². The van der Waals surface area contributed by atoms with Gasteiger partial charge in [0.15, 0.2) is 0 Å². The van der Waals surface area contributed by atoms with E-state index in [9.17, 15) is 9.59 Å². The molecule has 2 aliphatic heterocycles. The first kappa shape index (κ1) is 17.4. The van der Waals surface area contributed by atoms with Gasteiger partial charge in [-0.25, -0.2) is 0 Å². The molecule has 132 valence electrons. The zero-order valence-electron chi connectivity index (χ0n) is 14.7. The van der Waals surface area contributed by atoms with Crippen LogP contribution in [-0.4, -0.2) is 61.5 Å². The van der Waals surface area contributed by atoms with E-state index in [0.29, 0.717) is 37.4 Å². The van der Waals surface area contributed by atoms with Crippen molar-refractivity contribution in [2.45, 2.75) is 13.3 Å². The molecule has 0 radical (unpaired) electrons. The highest BCUT2D eigenvalue weighted by Gasteiger charge is 2.55. The number of rotatable bonds is 4. The molecule has 0 saturated carbocycles. The summed E-state index contributed by atoms with van der Waals surface area (Å²) >= 11 is 0. The Morgan fingerprint density at radius 1 is 1.40 bits per heavy atom. The van der Waals surface area contributed by atoms with Gasteiger partial charge in [0.2, 0.25) is 5.91 Å². The van der Waals surface area contributed by atoms with Gasteiger partial charge in [-0.1, -0.05) is 6.92 Å². The summed E-state index contributed by atoms with van der Waals surface area (Å²) in [6.45, 7) is 4.98. The number of hydrogen-bond acceptors (Lipinski definition) is 4. The highest BCUT2D eigenvalue weighted by molar-refractivity contribution is 5.96. The van der Waals surface area contributed by atoms with Gasteiger partial charge in [0.25, 0.3) is 5.91 Å². The van der Waals surface area contributed by atoms with E-state index in [1.807, 2.05) is 4.90 Å². The van der Waals surface area contributed by atoms with Crippen LogP contribution in [0.4, 0.5) is 0 Å². The minimum Gasteiger partial charge on any atom is -0.383 e. The van der Waals surface area contributed by atoms with Crippen LogP contribution in [0.25, 0.3) is 0 Å². The van der Waals surface area contributed by atoms with Crippen LogP contribution in [0.15, 0.2) is 24.3 Å². The number of likely N-dealkylation sites (tertiary alicyclic amines) is 2. The van der Waals surface area contributed by atoms with Crippen LogP contribution in [0, 0.1) is 22.7 Å². The quantitative estimate of drug-likeness (QED) is 0.832. The minimum absolute atomic E-state index is 0.0728. The van der Waals surface area contributed by atoms with E-state index in [-0.39, 0.29) is 17.7 Å².